The van der Waals surface area contributed by atoms with E-state index in [-0.39, 0.29) is 0 Å². The summed E-state index contributed by atoms with van der Waals surface area (Å²) in [6.07, 6.45) is 3.54. The first-order valence-corrected chi connectivity index (χ1v) is 13.5. The van der Waals surface area contributed by atoms with Crippen molar-refractivity contribution < 1.29 is 17.9 Å². The van der Waals surface area contributed by atoms with E-state index in [0.717, 1.165) is 43.6 Å². The molecule has 1 unspecified atom stereocenters. The zero-order chi connectivity index (χ0) is 25.7. The third-order valence-electron chi connectivity index (χ3n) is 5.52. The molecule has 36 heavy (non-hydrogen) atoms. The summed E-state index contributed by atoms with van der Waals surface area (Å²) in [4.78, 5) is 16.2. The normalized spacial score (nSPS) is 13.1. The molecule has 1 heterocycles. The molecule has 0 aliphatic rings. The minimum atomic E-state index is -2.35. The fourth-order valence-electron chi connectivity index (χ4n) is 3.89. The number of carbonyl (C=O) groups excluding carboxylic acids is 1. The molecule has 9 heteroatoms. The maximum atomic E-state index is 13.8. The zero-order valence-electron chi connectivity index (χ0n) is 19.2. The Morgan fingerprint density at radius 2 is 1.89 bits per heavy atom. The number of nitrogens with zero attached hydrogens (tertiary/aromatic N) is 1. The second-order valence-corrected chi connectivity index (χ2v) is 10.0. The van der Waals surface area contributed by atoms with Gasteiger partial charge >= 0.3 is 0 Å². The van der Waals surface area contributed by atoms with E-state index in [4.69, 9.17) is 11.6 Å². The number of aromatic nitrogens is 1. The number of carbonyl (C=O) groups is 1. The van der Waals surface area contributed by atoms with Gasteiger partial charge in [0.15, 0.2) is 0 Å². The molecular formula is C27H21ClFN2O3S2-. The van der Waals surface area contributed by atoms with Crippen LogP contribution >= 0.6 is 22.9 Å². The van der Waals surface area contributed by atoms with Crippen LogP contribution in [-0.4, -0.2) is 25.5 Å². The van der Waals surface area contributed by atoms with Crippen LogP contribution in [0, 0.1) is 5.82 Å². The molecule has 1 aromatic heterocycles. The lowest BCUT2D eigenvalue weighted by Gasteiger charge is -2.17. The first kappa shape index (κ1) is 25.9. The molecule has 0 bridgehead atoms. The molecule has 4 rings (SSSR count). The second-order valence-electron chi connectivity index (χ2n) is 7.81. The highest BCUT2D eigenvalue weighted by Crippen LogP contribution is 2.38. The van der Waals surface area contributed by atoms with E-state index in [1.165, 1.54) is 18.2 Å². The molecule has 1 atom stereocenters. The number of fused-ring (bicyclic) bond motifs is 1. The molecule has 0 aliphatic carbocycles. The summed E-state index contributed by atoms with van der Waals surface area (Å²) in [5, 5.41) is 2.61. The quantitative estimate of drug-likeness (QED) is 0.159. The van der Waals surface area contributed by atoms with Crippen molar-refractivity contribution in [2.45, 2.75) is 13.3 Å². The van der Waals surface area contributed by atoms with Gasteiger partial charge < -0.3 is 9.87 Å². The summed E-state index contributed by atoms with van der Waals surface area (Å²) in [6.45, 7) is 2.03. The van der Waals surface area contributed by atoms with Crippen molar-refractivity contribution in [3.63, 3.8) is 0 Å². The van der Waals surface area contributed by atoms with Gasteiger partial charge in [-0.25, -0.2) is 9.37 Å². The maximum absolute atomic E-state index is 13.8. The van der Waals surface area contributed by atoms with Gasteiger partial charge in [0.25, 0.3) is 0 Å². The average molecular weight is 540 g/mol. The van der Waals surface area contributed by atoms with Crippen molar-refractivity contribution in [1.82, 2.24) is 10.3 Å². The predicted octanol–water partition coefficient (Wildman–Crippen LogP) is 6.42. The summed E-state index contributed by atoms with van der Waals surface area (Å²) in [5.74, 6) is -1.34. The van der Waals surface area contributed by atoms with Gasteiger partial charge in [0, 0.05) is 6.08 Å². The third-order valence-corrected chi connectivity index (χ3v) is 7.02. The molecule has 1 amide bonds. The Balaban J connectivity index is 1.78. The minimum Gasteiger partial charge on any atom is -0.771 e. The molecule has 0 fully saturated rings. The van der Waals surface area contributed by atoms with Crippen molar-refractivity contribution in [1.29, 1.82) is 0 Å². The van der Waals surface area contributed by atoms with E-state index in [2.05, 4.69) is 10.3 Å². The van der Waals surface area contributed by atoms with Crippen LogP contribution in [0.1, 0.15) is 35.6 Å². The van der Waals surface area contributed by atoms with Crippen molar-refractivity contribution in [2.75, 3.05) is 5.88 Å². The number of rotatable bonds is 8. The number of thiazole rings is 1. The molecule has 0 aliphatic heterocycles. The van der Waals surface area contributed by atoms with Crippen LogP contribution in [-0.2, 0) is 15.9 Å². The second kappa shape index (κ2) is 11.7. The highest BCUT2D eigenvalue weighted by Gasteiger charge is 2.16. The Bertz CT molecular complexity index is 1500. The van der Waals surface area contributed by atoms with Gasteiger partial charge in [0.1, 0.15) is 5.82 Å². The predicted molar refractivity (Wildman–Crippen MR) is 145 cm³/mol. The van der Waals surface area contributed by atoms with Gasteiger partial charge in [-0.15, -0.1) is 11.3 Å². The van der Waals surface area contributed by atoms with Crippen LogP contribution in [0.15, 0.2) is 72.3 Å². The number of halogens is 2. The summed E-state index contributed by atoms with van der Waals surface area (Å²) >= 11 is 5.69. The molecule has 0 radical (unpaired) electrons. The minimum absolute atomic E-state index is 0.337. The van der Waals surface area contributed by atoms with Crippen LogP contribution in [0.4, 0.5) is 4.39 Å². The van der Waals surface area contributed by atoms with E-state index < -0.39 is 28.7 Å². The smallest absolute Gasteiger partial charge is 0.244 e. The first-order valence-electron chi connectivity index (χ1n) is 11.0. The third kappa shape index (κ3) is 6.14. The van der Waals surface area contributed by atoms with Crippen molar-refractivity contribution in [3.8, 4) is 0 Å². The lowest BCUT2D eigenvalue weighted by Crippen LogP contribution is -2.24. The molecule has 3 aromatic carbocycles. The van der Waals surface area contributed by atoms with Crippen molar-refractivity contribution in [3.05, 3.63) is 105 Å². The Kier molecular flexibility index (Phi) is 8.43. The van der Waals surface area contributed by atoms with E-state index in [1.54, 1.807) is 29.0 Å². The highest BCUT2D eigenvalue weighted by atomic mass is 35.5. The average Bonchev–Trinajstić information content (AvgIpc) is 3.34. The van der Waals surface area contributed by atoms with E-state index in [0.29, 0.717) is 11.4 Å². The van der Waals surface area contributed by atoms with Crippen molar-refractivity contribution in [2.24, 2.45) is 0 Å². The number of benzene rings is 3. The van der Waals surface area contributed by atoms with E-state index in [1.807, 2.05) is 49.4 Å². The molecule has 1 N–H and O–H groups in total. The van der Waals surface area contributed by atoms with Crippen LogP contribution in [0.25, 0.3) is 27.4 Å². The Morgan fingerprint density at radius 1 is 1.14 bits per heavy atom. The molecule has 184 valence electrons. The van der Waals surface area contributed by atoms with Crippen LogP contribution < -0.4 is 5.32 Å². The standard InChI is InChI=1S/C27H22ClFN2O3S2/c1-2-21(22-10-9-20(29)14-23(22)28)27(19-8-11-25-24(13-19)30-15-35-25)18-6-3-17(4-7-18)5-12-26(32)31-16-36(33)34/h3-15H,2,16H2,1H3,(H,31,32)(H,33,34)/p-1/b12-5+,27-21+. The summed E-state index contributed by atoms with van der Waals surface area (Å²) < 4.78 is 36.1. The molecule has 0 spiro atoms. The zero-order valence-corrected chi connectivity index (χ0v) is 21.6. The lowest BCUT2D eigenvalue weighted by atomic mass is 9.87. The molecular weight excluding hydrogens is 519 g/mol. The van der Waals surface area contributed by atoms with Crippen LogP contribution in [0.3, 0.4) is 0 Å². The van der Waals surface area contributed by atoms with Crippen LogP contribution in [0.5, 0.6) is 0 Å². The van der Waals surface area contributed by atoms with E-state index in [9.17, 15) is 17.9 Å². The topological polar surface area (TPSA) is 82.1 Å². The molecule has 0 saturated heterocycles. The fraction of sp³-hybridized carbons (Fsp3) is 0.111. The van der Waals surface area contributed by atoms with E-state index >= 15 is 0 Å². The number of hydrogen-bond donors (Lipinski definition) is 1. The largest absolute Gasteiger partial charge is 0.771 e. The van der Waals surface area contributed by atoms with Gasteiger partial charge in [-0.1, -0.05) is 54.9 Å². The number of nitrogens with one attached hydrogen (secondary N) is 1. The number of hydrogen-bond acceptors (Lipinski definition) is 5. The summed E-state index contributed by atoms with van der Waals surface area (Å²) in [6, 6.07) is 18.1. The lowest BCUT2D eigenvalue weighted by molar-refractivity contribution is -0.116. The molecule has 5 nitrogen and oxygen atoms in total. The Labute approximate surface area is 219 Å². The first-order chi connectivity index (χ1) is 17.4. The SMILES string of the molecule is CC/C(=C(/c1ccc(/C=C/C(=O)NCS(=O)[O-])cc1)c1ccc2scnc2c1)c1ccc(F)cc1Cl. The number of allylic oxidation sites excluding steroid dienone is 1. The van der Waals surface area contributed by atoms with Gasteiger partial charge in [0.2, 0.25) is 5.91 Å². The molecule has 0 saturated carbocycles. The van der Waals surface area contributed by atoms with Crippen LogP contribution in [0.2, 0.25) is 5.02 Å². The van der Waals surface area contributed by atoms with Gasteiger partial charge in [-0.2, -0.15) is 0 Å². The highest BCUT2D eigenvalue weighted by molar-refractivity contribution is 7.79. The summed E-state index contributed by atoms with van der Waals surface area (Å²) in [5.41, 5.74) is 8.01. The van der Waals surface area contributed by atoms with Gasteiger partial charge in [-0.05, 0) is 81.2 Å². The maximum Gasteiger partial charge on any atom is 0.244 e. The fourth-order valence-corrected chi connectivity index (χ4v) is 5.09. The van der Waals surface area contributed by atoms with Gasteiger partial charge in [-0.3, -0.25) is 9.00 Å². The monoisotopic (exact) mass is 539 g/mol. The van der Waals surface area contributed by atoms with Gasteiger partial charge in [0.05, 0.1) is 26.6 Å². The Morgan fingerprint density at radius 3 is 2.58 bits per heavy atom. The number of amides is 1. The molecule has 4 aromatic rings. The Hall–Kier alpha value is -3.17. The van der Waals surface area contributed by atoms with Crippen molar-refractivity contribution >= 4 is 67.4 Å². The summed E-state index contributed by atoms with van der Waals surface area (Å²) in [7, 11) is 0.